The largest absolute Gasteiger partial charge is 0.338 e. The Kier molecular flexibility index (Phi) is 2.67. The second-order valence-electron chi connectivity index (χ2n) is 5.71. The molecule has 2 N–H and O–H groups in total. The summed E-state index contributed by atoms with van der Waals surface area (Å²) >= 11 is 0. The molecule has 0 unspecified atom stereocenters. The lowest BCUT2D eigenvalue weighted by molar-refractivity contribution is 0.950. The predicted molar refractivity (Wildman–Crippen MR) is 82.9 cm³/mol. The summed E-state index contributed by atoms with van der Waals surface area (Å²) in [6, 6.07) is 6.24. The number of nitrogens with zero attached hydrogens (tertiary/aromatic N) is 3. The Balaban J connectivity index is 1.81. The van der Waals surface area contributed by atoms with Crippen LogP contribution < -0.4 is 5.32 Å². The van der Waals surface area contributed by atoms with E-state index in [4.69, 9.17) is 4.98 Å². The average molecular weight is 279 g/mol. The maximum atomic E-state index is 4.71. The highest BCUT2D eigenvalue weighted by Gasteiger charge is 2.28. The summed E-state index contributed by atoms with van der Waals surface area (Å²) in [6.45, 7) is 4.23. The molecule has 21 heavy (non-hydrogen) atoms. The number of H-pyrrole nitrogens is 1. The van der Waals surface area contributed by atoms with Crippen LogP contribution in [0, 0.1) is 13.8 Å². The summed E-state index contributed by atoms with van der Waals surface area (Å²) in [5, 5.41) is 10.5. The lowest BCUT2D eigenvalue weighted by Crippen LogP contribution is -2.02. The Hall–Kier alpha value is -2.43. The molecule has 0 radical (unpaired) electrons. The zero-order chi connectivity index (χ0) is 14.4. The van der Waals surface area contributed by atoms with Crippen LogP contribution in [0.2, 0.25) is 0 Å². The molecule has 2 aromatic heterocycles. The Morgan fingerprint density at radius 1 is 1.19 bits per heavy atom. The summed E-state index contributed by atoms with van der Waals surface area (Å²) in [7, 11) is 0. The molecule has 0 bridgehead atoms. The normalized spacial score (nSPS) is 14.6. The van der Waals surface area contributed by atoms with Crippen LogP contribution in [0.1, 0.15) is 35.7 Å². The average Bonchev–Trinajstić information content (AvgIpc) is 3.22. The molecular weight excluding hydrogens is 262 g/mol. The third-order valence-corrected chi connectivity index (χ3v) is 4.12. The van der Waals surface area contributed by atoms with Gasteiger partial charge in [-0.2, -0.15) is 5.10 Å². The summed E-state index contributed by atoms with van der Waals surface area (Å²) < 4.78 is 0. The maximum Gasteiger partial charge on any atom is 0.160 e. The minimum absolute atomic E-state index is 0.517. The fourth-order valence-corrected chi connectivity index (χ4v) is 2.49. The van der Waals surface area contributed by atoms with Crippen molar-refractivity contribution >= 4 is 22.5 Å². The number of aryl methyl sites for hydroxylation is 1. The van der Waals surface area contributed by atoms with Gasteiger partial charge in [-0.05, 0) is 43.9 Å². The van der Waals surface area contributed by atoms with Crippen LogP contribution >= 0.6 is 0 Å². The van der Waals surface area contributed by atoms with Gasteiger partial charge in [0.05, 0.1) is 6.20 Å². The molecule has 0 spiro atoms. The highest BCUT2D eigenvalue weighted by Crippen LogP contribution is 2.39. The molecule has 1 aliphatic carbocycles. The molecule has 5 nitrogen and oxygen atoms in total. The first kappa shape index (κ1) is 12.3. The number of fused-ring (bicyclic) bond motifs is 1. The molecule has 1 aliphatic rings. The molecule has 0 atom stereocenters. The van der Waals surface area contributed by atoms with Gasteiger partial charge in [-0.25, -0.2) is 9.97 Å². The molecule has 2 heterocycles. The SMILES string of the molecule is Cc1cccc(Nc2nc(C3CC3)nc3cn[nH]c23)c1C. The fraction of sp³-hybridized carbons (Fsp3) is 0.312. The van der Waals surface area contributed by atoms with E-state index in [1.165, 1.54) is 24.0 Å². The lowest BCUT2D eigenvalue weighted by atomic mass is 10.1. The topological polar surface area (TPSA) is 66.5 Å². The number of aromatic nitrogens is 4. The van der Waals surface area contributed by atoms with Crippen molar-refractivity contribution in [2.24, 2.45) is 0 Å². The van der Waals surface area contributed by atoms with Gasteiger partial charge in [0.1, 0.15) is 16.9 Å². The van der Waals surface area contributed by atoms with Crippen LogP contribution in [0.4, 0.5) is 11.5 Å². The number of hydrogen-bond acceptors (Lipinski definition) is 4. The van der Waals surface area contributed by atoms with Gasteiger partial charge in [-0.15, -0.1) is 0 Å². The second kappa shape index (κ2) is 4.55. The highest BCUT2D eigenvalue weighted by atomic mass is 15.2. The van der Waals surface area contributed by atoms with Crippen LogP contribution in [-0.4, -0.2) is 20.2 Å². The first-order chi connectivity index (χ1) is 10.2. The third kappa shape index (κ3) is 2.14. The molecular formula is C16H17N5. The van der Waals surface area contributed by atoms with E-state index in [-0.39, 0.29) is 0 Å². The molecule has 1 aromatic carbocycles. The van der Waals surface area contributed by atoms with Gasteiger partial charge >= 0.3 is 0 Å². The number of aromatic amines is 1. The van der Waals surface area contributed by atoms with Crippen molar-refractivity contribution in [3.63, 3.8) is 0 Å². The van der Waals surface area contributed by atoms with E-state index >= 15 is 0 Å². The van der Waals surface area contributed by atoms with Crippen LogP contribution in [-0.2, 0) is 0 Å². The van der Waals surface area contributed by atoms with Gasteiger partial charge in [0.25, 0.3) is 0 Å². The van der Waals surface area contributed by atoms with E-state index < -0.39 is 0 Å². The summed E-state index contributed by atoms with van der Waals surface area (Å²) in [4.78, 5) is 9.30. The van der Waals surface area contributed by atoms with E-state index in [2.05, 4.69) is 52.5 Å². The van der Waals surface area contributed by atoms with Crippen LogP contribution in [0.25, 0.3) is 11.0 Å². The predicted octanol–water partition coefficient (Wildman–Crippen LogP) is 3.59. The van der Waals surface area contributed by atoms with E-state index in [9.17, 15) is 0 Å². The van der Waals surface area contributed by atoms with E-state index in [0.717, 1.165) is 28.4 Å². The quantitative estimate of drug-likeness (QED) is 0.769. The second-order valence-corrected chi connectivity index (χ2v) is 5.71. The van der Waals surface area contributed by atoms with Crippen LogP contribution in [0.5, 0.6) is 0 Å². The standard InChI is InChI=1S/C16H17N5/c1-9-4-3-5-12(10(9)2)18-16-14-13(8-17-21-14)19-15(20-16)11-6-7-11/h3-5,8,11H,6-7H2,1-2H3,(H,17,21)(H,18,19,20). The Morgan fingerprint density at radius 2 is 2.05 bits per heavy atom. The smallest absolute Gasteiger partial charge is 0.160 e. The molecule has 4 rings (SSSR count). The molecule has 3 aromatic rings. The van der Waals surface area contributed by atoms with Crippen molar-refractivity contribution in [1.82, 2.24) is 20.2 Å². The van der Waals surface area contributed by atoms with Crippen molar-refractivity contribution in [3.05, 3.63) is 41.3 Å². The molecule has 0 saturated heterocycles. The molecule has 0 amide bonds. The van der Waals surface area contributed by atoms with Gasteiger partial charge in [-0.1, -0.05) is 12.1 Å². The Bertz CT molecular complexity index is 817. The maximum absolute atomic E-state index is 4.71. The highest BCUT2D eigenvalue weighted by molar-refractivity contribution is 5.87. The van der Waals surface area contributed by atoms with Crippen molar-refractivity contribution in [2.45, 2.75) is 32.6 Å². The third-order valence-electron chi connectivity index (χ3n) is 4.12. The van der Waals surface area contributed by atoms with Crippen molar-refractivity contribution < 1.29 is 0 Å². The minimum atomic E-state index is 0.517. The first-order valence-corrected chi connectivity index (χ1v) is 7.26. The zero-order valence-electron chi connectivity index (χ0n) is 12.1. The van der Waals surface area contributed by atoms with Gasteiger partial charge in [-0.3, -0.25) is 5.10 Å². The summed E-state index contributed by atoms with van der Waals surface area (Å²) in [5.74, 6) is 2.26. The van der Waals surface area contributed by atoms with Crippen molar-refractivity contribution in [1.29, 1.82) is 0 Å². The van der Waals surface area contributed by atoms with Crippen molar-refractivity contribution in [2.75, 3.05) is 5.32 Å². The molecule has 1 fully saturated rings. The molecule has 0 aliphatic heterocycles. The minimum Gasteiger partial charge on any atom is -0.338 e. The summed E-state index contributed by atoms with van der Waals surface area (Å²) in [6.07, 6.45) is 4.13. The van der Waals surface area contributed by atoms with E-state index in [1.54, 1.807) is 6.20 Å². The van der Waals surface area contributed by atoms with Gasteiger partial charge < -0.3 is 5.32 Å². The Labute approximate surface area is 122 Å². The number of benzene rings is 1. The van der Waals surface area contributed by atoms with Gasteiger partial charge in [0.15, 0.2) is 5.82 Å². The van der Waals surface area contributed by atoms with Crippen LogP contribution in [0.15, 0.2) is 24.4 Å². The number of anilines is 2. The lowest BCUT2D eigenvalue weighted by Gasteiger charge is -2.12. The summed E-state index contributed by atoms with van der Waals surface area (Å²) in [5.41, 5.74) is 5.31. The molecule has 1 saturated carbocycles. The van der Waals surface area contributed by atoms with Gasteiger partial charge in [0, 0.05) is 11.6 Å². The number of hydrogen-bond donors (Lipinski definition) is 2. The molecule has 5 heteroatoms. The number of nitrogens with one attached hydrogen (secondary N) is 2. The van der Waals surface area contributed by atoms with E-state index in [0.29, 0.717) is 5.92 Å². The Morgan fingerprint density at radius 3 is 2.86 bits per heavy atom. The zero-order valence-corrected chi connectivity index (χ0v) is 12.1. The van der Waals surface area contributed by atoms with E-state index in [1.807, 2.05) is 0 Å². The first-order valence-electron chi connectivity index (χ1n) is 7.26. The van der Waals surface area contributed by atoms with Crippen LogP contribution in [0.3, 0.4) is 0 Å². The fourth-order valence-electron chi connectivity index (χ4n) is 2.49. The monoisotopic (exact) mass is 279 g/mol. The molecule has 106 valence electrons. The van der Waals surface area contributed by atoms with Crippen molar-refractivity contribution in [3.8, 4) is 0 Å². The number of rotatable bonds is 3. The van der Waals surface area contributed by atoms with Gasteiger partial charge in [0.2, 0.25) is 0 Å².